The van der Waals surface area contributed by atoms with E-state index in [0.29, 0.717) is 15.7 Å². The number of carbonyl (C=O) groups is 3. The summed E-state index contributed by atoms with van der Waals surface area (Å²) in [6.45, 7) is 0. The van der Waals surface area contributed by atoms with Crippen LogP contribution in [0.25, 0.3) is 5.76 Å². The van der Waals surface area contributed by atoms with Crippen molar-refractivity contribution in [2.24, 2.45) is 17.6 Å². The first kappa shape index (κ1) is 25.0. The Morgan fingerprint density at radius 1 is 1.14 bits per heavy atom. The van der Waals surface area contributed by atoms with Gasteiger partial charge in [0.25, 0.3) is 5.91 Å². The van der Waals surface area contributed by atoms with Crippen LogP contribution in [-0.4, -0.2) is 82.6 Å². The van der Waals surface area contributed by atoms with Gasteiger partial charge in [0, 0.05) is 25.6 Å². The summed E-state index contributed by atoms with van der Waals surface area (Å²) in [7, 11) is 6.62. The quantitative estimate of drug-likeness (QED) is 0.174. The van der Waals surface area contributed by atoms with E-state index in [4.69, 9.17) is 11.5 Å². The number of ketones is 2. The highest BCUT2D eigenvalue weighted by Crippen LogP contribution is 2.55. The molecule has 0 aliphatic heterocycles. The highest BCUT2D eigenvalue weighted by atomic mass is 79.9. The van der Waals surface area contributed by atoms with Gasteiger partial charge in [-0.25, -0.2) is 0 Å². The number of halogens is 1. The maximum atomic E-state index is 13.8. The van der Waals surface area contributed by atoms with Gasteiger partial charge in [-0.2, -0.15) is 0 Å². The molecule has 11 nitrogen and oxygen atoms in total. The number of aromatic hydroxyl groups is 1. The monoisotopic (exact) mass is 550 g/mol. The number of hydrogen-bond acceptors (Lipinski definition) is 10. The topological polar surface area (TPSA) is 191 Å². The lowest BCUT2D eigenvalue weighted by Crippen LogP contribution is -2.65. The Labute approximate surface area is 209 Å². The number of aliphatic hydroxyl groups is 3. The van der Waals surface area contributed by atoms with Crippen molar-refractivity contribution in [3.8, 4) is 5.75 Å². The Kier molecular flexibility index (Phi) is 5.70. The number of Topliss-reactive ketones (excluding diaryl/α,β-unsaturated/α-hetero) is 2. The van der Waals surface area contributed by atoms with Crippen molar-refractivity contribution in [2.75, 3.05) is 38.8 Å². The Hall–Kier alpha value is -3.09. The van der Waals surface area contributed by atoms with Gasteiger partial charge in [-0.1, -0.05) is 0 Å². The highest BCUT2D eigenvalue weighted by Gasteiger charge is 2.64. The number of rotatable bonds is 3. The minimum Gasteiger partial charge on any atom is -0.508 e. The lowest BCUT2D eigenvalue weighted by Gasteiger charge is -2.50. The highest BCUT2D eigenvalue weighted by molar-refractivity contribution is 9.10. The number of phenolic OH excluding ortho intramolecular Hbond substituents is 1. The van der Waals surface area contributed by atoms with E-state index in [1.165, 1.54) is 4.90 Å². The van der Waals surface area contributed by atoms with Gasteiger partial charge in [0.2, 0.25) is 5.78 Å². The molecule has 0 saturated heterocycles. The molecule has 1 aromatic carbocycles. The Morgan fingerprint density at radius 3 is 2.26 bits per heavy atom. The van der Waals surface area contributed by atoms with E-state index in [9.17, 15) is 34.8 Å². The molecule has 1 fully saturated rings. The molecule has 188 valence electrons. The van der Waals surface area contributed by atoms with Crippen LogP contribution in [0.4, 0.5) is 11.4 Å². The Balaban J connectivity index is 2.03. The predicted molar refractivity (Wildman–Crippen MR) is 131 cm³/mol. The molecule has 0 heterocycles. The van der Waals surface area contributed by atoms with Gasteiger partial charge in [0.1, 0.15) is 17.1 Å². The number of nitrogens with zero attached hydrogens (tertiary/aromatic N) is 2. The average Bonchev–Trinajstić information content (AvgIpc) is 2.74. The van der Waals surface area contributed by atoms with E-state index >= 15 is 0 Å². The van der Waals surface area contributed by atoms with Crippen molar-refractivity contribution >= 4 is 50.5 Å². The number of fused-ring (bicyclic) bond motifs is 3. The SMILES string of the molecule is CN(C)c1c(Br)c(N)c(O)c2c1CC1CC3[C@H](N(C)C)C(=O)C(C(N)=O)=C(O)[C@@]3(O)C(=O)C1=C2O. The summed E-state index contributed by atoms with van der Waals surface area (Å²) in [6, 6.07) is -1.13. The molecule has 0 bridgehead atoms. The molecule has 4 rings (SSSR count). The van der Waals surface area contributed by atoms with Crippen LogP contribution in [0.5, 0.6) is 5.75 Å². The van der Waals surface area contributed by atoms with Gasteiger partial charge in [0.05, 0.1) is 27.5 Å². The average molecular weight is 551 g/mol. The van der Waals surface area contributed by atoms with Crippen LogP contribution < -0.4 is 16.4 Å². The molecule has 1 aromatic rings. The molecule has 3 aliphatic carbocycles. The minimum absolute atomic E-state index is 0.0153. The number of anilines is 2. The maximum absolute atomic E-state index is 13.8. The van der Waals surface area contributed by atoms with Crippen LogP contribution in [0.1, 0.15) is 17.5 Å². The largest absolute Gasteiger partial charge is 0.508 e. The standard InChI is InChI=1S/C23H27BrN4O7/c1-27(2)15-8-5-7-6-9-16(28(3)4)19(31)12(22(26)34)21(33)23(9,35)20(32)10(7)17(29)11(8)18(30)14(25)13(15)24/h7,9,16,29-30,33,35H,5-6,25H2,1-4H3,(H2,26,34)/t7?,9?,16-,23-/m0/s1. The predicted octanol–water partition coefficient (Wildman–Crippen LogP) is 0.375. The summed E-state index contributed by atoms with van der Waals surface area (Å²) in [5.74, 6) is -7.07. The van der Waals surface area contributed by atoms with Crippen LogP contribution >= 0.6 is 15.9 Å². The molecule has 12 heteroatoms. The molecule has 0 aromatic heterocycles. The van der Waals surface area contributed by atoms with Crippen LogP contribution in [-0.2, 0) is 20.8 Å². The fourth-order valence-electron chi connectivity index (χ4n) is 5.81. The molecule has 0 radical (unpaired) electrons. The van der Waals surface area contributed by atoms with Gasteiger partial charge >= 0.3 is 0 Å². The van der Waals surface area contributed by atoms with Crippen LogP contribution in [0.3, 0.4) is 0 Å². The summed E-state index contributed by atoms with van der Waals surface area (Å²) >= 11 is 3.39. The van der Waals surface area contributed by atoms with Gasteiger partial charge in [-0.15, -0.1) is 0 Å². The van der Waals surface area contributed by atoms with Gasteiger partial charge in [0.15, 0.2) is 17.1 Å². The van der Waals surface area contributed by atoms with Gasteiger partial charge < -0.3 is 36.8 Å². The van der Waals surface area contributed by atoms with E-state index in [-0.39, 0.29) is 29.7 Å². The van der Waals surface area contributed by atoms with Gasteiger partial charge in [-0.3, -0.25) is 19.3 Å². The van der Waals surface area contributed by atoms with E-state index in [1.54, 1.807) is 33.1 Å². The number of benzene rings is 1. The normalized spacial score (nSPS) is 28.1. The zero-order valence-electron chi connectivity index (χ0n) is 19.6. The molecular weight excluding hydrogens is 524 g/mol. The zero-order chi connectivity index (χ0) is 26.3. The fraction of sp³-hybridized carbons (Fsp3) is 0.435. The molecule has 1 saturated carbocycles. The molecular formula is C23H27BrN4O7. The number of aliphatic hydroxyl groups excluding tert-OH is 2. The van der Waals surface area contributed by atoms with E-state index < -0.39 is 63.8 Å². The van der Waals surface area contributed by atoms with E-state index in [2.05, 4.69) is 15.9 Å². The van der Waals surface area contributed by atoms with Crippen molar-refractivity contribution in [1.82, 2.24) is 4.90 Å². The molecule has 1 amide bonds. The van der Waals surface area contributed by atoms with Crippen molar-refractivity contribution in [2.45, 2.75) is 24.5 Å². The summed E-state index contributed by atoms with van der Waals surface area (Å²) < 4.78 is 0.416. The second kappa shape index (κ2) is 7.97. The Bertz CT molecular complexity index is 1270. The third-order valence-electron chi connectivity index (χ3n) is 7.28. The third kappa shape index (κ3) is 3.13. The van der Waals surface area contributed by atoms with Crippen molar-refractivity contribution in [3.63, 3.8) is 0 Å². The summed E-state index contributed by atoms with van der Waals surface area (Å²) in [5, 5.41) is 44.5. The minimum atomic E-state index is -2.68. The van der Waals surface area contributed by atoms with Crippen LogP contribution in [0, 0.1) is 11.8 Å². The van der Waals surface area contributed by atoms with Crippen molar-refractivity contribution in [1.29, 1.82) is 0 Å². The van der Waals surface area contributed by atoms with Crippen molar-refractivity contribution in [3.05, 3.63) is 32.5 Å². The molecule has 0 spiro atoms. The smallest absolute Gasteiger partial charge is 0.255 e. The molecule has 8 N–H and O–H groups in total. The number of nitrogens with two attached hydrogens (primary N) is 2. The number of likely N-dealkylation sites (N-methyl/N-ethyl adjacent to an activating group) is 1. The number of primary amides is 1. The number of phenols is 1. The summed E-state index contributed by atoms with van der Waals surface area (Å²) in [4.78, 5) is 42.1. The first-order valence-corrected chi connectivity index (χ1v) is 11.6. The second-order valence-electron chi connectivity index (χ2n) is 9.63. The van der Waals surface area contributed by atoms with Crippen molar-refractivity contribution < 1.29 is 34.8 Å². The molecule has 2 unspecified atom stereocenters. The number of hydrogen-bond donors (Lipinski definition) is 6. The molecule has 4 atom stereocenters. The Morgan fingerprint density at radius 2 is 1.74 bits per heavy atom. The number of nitrogen functional groups attached to an aromatic ring is 1. The third-order valence-corrected chi connectivity index (χ3v) is 8.09. The van der Waals surface area contributed by atoms with Crippen LogP contribution in [0.15, 0.2) is 21.4 Å². The number of amides is 1. The fourth-order valence-corrected chi connectivity index (χ4v) is 6.59. The molecule has 3 aliphatic rings. The van der Waals surface area contributed by atoms with Crippen LogP contribution in [0.2, 0.25) is 0 Å². The number of carbonyl (C=O) groups excluding carboxylic acids is 3. The lowest BCUT2D eigenvalue weighted by atomic mass is 9.57. The van der Waals surface area contributed by atoms with E-state index in [0.717, 1.165) is 0 Å². The summed E-state index contributed by atoms with van der Waals surface area (Å²) in [5.41, 5.74) is 8.64. The first-order valence-electron chi connectivity index (χ1n) is 10.8. The second-order valence-corrected chi connectivity index (χ2v) is 10.4. The maximum Gasteiger partial charge on any atom is 0.255 e. The first-order chi connectivity index (χ1) is 16.2. The molecule has 35 heavy (non-hydrogen) atoms. The van der Waals surface area contributed by atoms with E-state index in [1.807, 2.05) is 0 Å². The summed E-state index contributed by atoms with van der Waals surface area (Å²) in [6.07, 6.45) is 0.190. The van der Waals surface area contributed by atoms with Gasteiger partial charge in [-0.05, 0) is 54.3 Å². The lowest BCUT2D eigenvalue weighted by molar-refractivity contribution is -0.153. The zero-order valence-corrected chi connectivity index (χ0v) is 21.2.